The zero-order chi connectivity index (χ0) is 16.0. The topological polar surface area (TPSA) is 91.7 Å². The third kappa shape index (κ3) is 5.05. The number of hydrogen-bond donors (Lipinski definition) is 2. The highest BCUT2D eigenvalue weighted by Crippen LogP contribution is 2.25. The molecule has 0 radical (unpaired) electrons. The Labute approximate surface area is 130 Å². The van der Waals surface area contributed by atoms with Gasteiger partial charge in [-0.2, -0.15) is 0 Å². The molecule has 0 amide bonds. The lowest BCUT2D eigenvalue weighted by molar-refractivity contribution is 0.0691. The van der Waals surface area contributed by atoms with Crippen molar-refractivity contribution in [2.24, 2.45) is 0 Å². The first kappa shape index (κ1) is 18.1. The molecule has 8 heteroatoms. The molecule has 0 saturated carbocycles. The molecular weight excluding hydrogens is 367 g/mol. The Morgan fingerprint density at radius 2 is 1.81 bits per heavy atom. The summed E-state index contributed by atoms with van der Waals surface area (Å²) in [5, 5.41) is 17.5. The Kier molecular flexibility index (Phi) is 6.76. The van der Waals surface area contributed by atoms with Crippen LogP contribution in [0, 0.1) is 5.82 Å². The molecule has 1 aromatic carbocycles. The summed E-state index contributed by atoms with van der Waals surface area (Å²) in [6.45, 7) is 0.0506. The van der Waals surface area contributed by atoms with Gasteiger partial charge < -0.3 is 10.2 Å². The molecular formula is C13H16BrFO5S. The van der Waals surface area contributed by atoms with Crippen molar-refractivity contribution in [2.45, 2.75) is 30.6 Å². The molecule has 2 N–H and O–H groups in total. The van der Waals surface area contributed by atoms with Gasteiger partial charge in [-0.25, -0.2) is 17.6 Å². The van der Waals surface area contributed by atoms with Crippen LogP contribution in [0.4, 0.5) is 4.39 Å². The molecule has 0 heterocycles. The molecule has 0 aliphatic rings. The number of sulfone groups is 1. The van der Waals surface area contributed by atoms with Crippen LogP contribution < -0.4 is 0 Å². The molecule has 1 rings (SSSR count). The van der Waals surface area contributed by atoms with Crippen LogP contribution in [-0.2, 0) is 9.84 Å². The van der Waals surface area contributed by atoms with Gasteiger partial charge >= 0.3 is 5.97 Å². The fourth-order valence-electron chi connectivity index (χ4n) is 1.81. The molecule has 0 fully saturated rings. The van der Waals surface area contributed by atoms with E-state index in [-0.39, 0.29) is 16.8 Å². The van der Waals surface area contributed by atoms with Gasteiger partial charge in [-0.3, -0.25) is 0 Å². The molecule has 0 aromatic heterocycles. The third-order valence-corrected chi connectivity index (χ3v) is 5.14. The maximum absolute atomic E-state index is 14.0. The summed E-state index contributed by atoms with van der Waals surface area (Å²) in [6.07, 6.45) is 2.21. The second kappa shape index (κ2) is 7.86. The highest BCUT2D eigenvalue weighted by atomic mass is 79.9. The number of rotatable bonds is 8. The molecule has 0 spiro atoms. The number of carboxylic acid groups (broad SMARTS) is 1. The van der Waals surface area contributed by atoms with Crippen molar-refractivity contribution in [3.05, 3.63) is 28.0 Å². The first-order chi connectivity index (χ1) is 9.79. The van der Waals surface area contributed by atoms with Gasteiger partial charge in [0.15, 0.2) is 15.7 Å². The number of carboxylic acids is 1. The zero-order valence-electron chi connectivity index (χ0n) is 11.2. The van der Waals surface area contributed by atoms with E-state index in [0.717, 1.165) is 12.1 Å². The van der Waals surface area contributed by atoms with E-state index < -0.39 is 32.1 Å². The Balaban J connectivity index is 2.95. The number of unbranched alkanes of at least 4 members (excludes halogenated alkanes) is 3. The number of aliphatic hydroxyl groups excluding tert-OH is 1. The summed E-state index contributed by atoms with van der Waals surface area (Å²) in [6, 6.07) is 2.10. The molecule has 0 atom stereocenters. The summed E-state index contributed by atoms with van der Waals surface area (Å²) in [5.41, 5.74) is -0.678. The molecule has 0 bridgehead atoms. The quantitative estimate of drug-likeness (QED) is 0.674. The van der Waals surface area contributed by atoms with Gasteiger partial charge in [0.05, 0.1) is 11.3 Å². The normalized spacial score (nSPS) is 11.6. The minimum atomic E-state index is -3.89. The number of halogens is 2. The van der Waals surface area contributed by atoms with E-state index in [2.05, 4.69) is 15.9 Å². The van der Waals surface area contributed by atoms with Gasteiger partial charge in [0.2, 0.25) is 0 Å². The summed E-state index contributed by atoms with van der Waals surface area (Å²) in [5.74, 6) is -3.01. The van der Waals surface area contributed by atoms with Crippen molar-refractivity contribution in [1.82, 2.24) is 0 Å². The Bertz CT molecular complexity index is 615. The standard InChI is InChI=1S/C13H16BrFO5S/c14-9-7-10(13(17)18)12(15)11(8-9)21(19,20)6-4-2-1-3-5-16/h7-8,16H,1-6H2,(H,17,18). The van der Waals surface area contributed by atoms with E-state index in [0.29, 0.717) is 25.7 Å². The molecule has 21 heavy (non-hydrogen) atoms. The lowest BCUT2D eigenvalue weighted by Crippen LogP contribution is -2.12. The van der Waals surface area contributed by atoms with E-state index >= 15 is 0 Å². The van der Waals surface area contributed by atoms with Gasteiger partial charge in [-0.05, 0) is 25.0 Å². The third-order valence-electron chi connectivity index (χ3n) is 2.89. The smallest absolute Gasteiger partial charge is 0.338 e. The number of aliphatic hydroxyl groups is 1. The number of benzene rings is 1. The predicted octanol–water partition coefficient (Wildman–Crippen LogP) is 2.61. The Morgan fingerprint density at radius 1 is 1.19 bits per heavy atom. The second-order valence-electron chi connectivity index (χ2n) is 4.53. The van der Waals surface area contributed by atoms with Crippen molar-refractivity contribution >= 4 is 31.7 Å². The molecule has 5 nitrogen and oxygen atoms in total. The van der Waals surface area contributed by atoms with Gasteiger partial charge in [-0.15, -0.1) is 0 Å². The first-order valence-corrected chi connectivity index (χ1v) is 8.80. The number of carbonyl (C=O) groups is 1. The average molecular weight is 383 g/mol. The van der Waals surface area contributed by atoms with Crippen LogP contribution in [0.2, 0.25) is 0 Å². The van der Waals surface area contributed by atoms with E-state index in [1.54, 1.807) is 0 Å². The number of aromatic carboxylic acids is 1. The van der Waals surface area contributed by atoms with Crippen molar-refractivity contribution in [2.75, 3.05) is 12.4 Å². The van der Waals surface area contributed by atoms with Gasteiger partial charge in [0.25, 0.3) is 0 Å². The summed E-state index contributed by atoms with van der Waals surface area (Å²) in [4.78, 5) is 10.3. The predicted molar refractivity (Wildman–Crippen MR) is 78.7 cm³/mol. The molecule has 118 valence electrons. The van der Waals surface area contributed by atoms with Crippen LogP contribution >= 0.6 is 15.9 Å². The second-order valence-corrected chi connectivity index (χ2v) is 7.52. The molecule has 0 saturated heterocycles. The van der Waals surface area contributed by atoms with Crippen LogP contribution in [0.15, 0.2) is 21.5 Å². The van der Waals surface area contributed by atoms with Crippen LogP contribution in [-0.4, -0.2) is 37.0 Å². The fourth-order valence-corrected chi connectivity index (χ4v) is 3.92. The van der Waals surface area contributed by atoms with E-state index in [1.165, 1.54) is 0 Å². The van der Waals surface area contributed by atoms with E-state index in [1.807, 2.05) is 0 Å². The first-order valence-electron chi connectivity index (χ1n) is 6.35. The summed E-state index contributed by atoms with van der Waals surface area (Å²) in [7, 11) is -3.89. The van der Waals surface area contributed by atoms with Crippen LogP contribution in [0.25, 0.3) is 0 Å². The van der Waals surface area contributed by atoms with Crippen molar-refractivity contribution < 1.29 is 27.8 Å². The maximum Gasteiger partial charge on any atom is 0.338 e. The lowest BCUT2D eigenvalue weighted by atomic mass is 10.2. The van der Waals surface area contributed by atoms with Crippen molar-refractivity contribution in [1.29, 1.82) is 0 Å². The molecule has 1 aromatic rings. The van der Waals surface area contributed by atoms with Crippen LogP contribution in [0.3, 0.4) is 0 Å². The maximum atomic E-state index is 14.0. The van der Waals surface area contributed by atoms with Crippen LogP contribution in [0.1, 0.15) is 36.0 Å². The molecule has 0 aliphatic carbocycles. The average Bonchev–Trinajstić information content (AvgIpc) is 2.40. The molecule has 0 unspecified atom stereocenters. The van der Waals surface area contributed by atoms with E-state index in [4.69, 9.17) is 10.2 Å². The van der Waals surface area contributed by atoms with Gasteiger partial charge in [0, 0.05) is 11.1 Å². The zero-order valence-corrected chi connectivity index (χ0v) is 13.6. The lowest BCUT2D eigenvalue weighted by Gasteiger charge is -2.08. The Hall–Kier alpha value is -0.990. The highest BCUT2D eigenvalue weighted by molar-refractivity contribution is 9.10. The summed E-state index contributed by atoms with van der Waals surface area (Å²) >= 11 is 2.99. The minimum absolute atomic E-state index is 0.0506. The summed E-state index contributed by atoms with van der Waals surface area (Å²) < 4.78 is 38.4. The fraction of sp³-hybridized carbons (Fsp3) is 0.462. The monoisotopic (exact) mass is 382 g/mol. The van der Waals surface area contributed by atoms with Crippen molar-refractivity contribution in [3.63, 3.8) is 0 Å². The SMILES string of the molecule is O=C(O)c1cc(Br)cc(S(=O)(=O)CCCCCCO)c1F. The van der Waals surface area contributed by atoms with Crippen molar-refractivity contribution in [3.8, 4) is 0 Å². The Morgan fingerprint density at radius 3 is 2.38 bits per heavy atom. The highest BCUT2D eigenvalue weighted by Gasteiger charge is 2.24. The largest absolute Gasteiger partial charge is 0.478 e. The van der Waals surface area contributed by atoms with Gasteiger partial charge in [-0.1, -0.05) is 28.8 Å². The van der Waals surface area contributed by atoms with Crippen LogP contribution in [0.5, 0.6) is 0 Å². The number of hydrogen-bond acceptors (Lipinski definition) is 4. The molecule has 0 aliphatic heterocycles. The van der Waals surface area contributed by atoms with Gasteiger partial charge in [0.1, 0.15) is 4.90 Å². The minimum Gasteiger partial charge on any atom is -0.478 e. The van der Waals surface area contributed by atoms with E-state index in [9.17, 15) is 17.6 Å².